The first-order valence-corrected chi connectivity index (χ1v) is 3.84. The molecule has 0 bridgehead atoms. The van der Waals surface area contributed by atoms with Crippen LogP contribution < -0.4 is 10.5 Å². The first kappa shape index (κ1) is 10.0. The number of primary amides is 1. The summed E-state index contributed by atoms with van der Waals surface area (Å²) in [6.45, 7) is -0.261. The van der Waals surface area contributed by atoms with E-state index in [1.54, 1.807) is 6.07 Å². The molecule has 0 saturated carbocycles. The van der Waals surface area contributed by atoms with Crippen LogP contribution in [0.3, 0.4) is 0 Å². The second-order valence-electron chi connectivity index (χ2n) is 2.59. The molecule has 5 heteroatoms. The molecule has 0 aliphatic heterocycles. The number of hydrogen-bond acceptors (Lipinski definition) is 3. The fourth-order valence-corrected chi connectivity index (χ4v) is 0.873. The number of aromatic carboxylic acids is 1. The van der Waals surface area contributed by atoms with Crippen LogP contribution >= 0.6 is 0 Å². The zero-order valence-corrected chi connectivity index (χ0v) is 7.27. The molecule has 0 saturated heterocycles. The summed E-state index contributed by atoms with van der Waals surface area (Å²) in [6.07, 6.45) is 0. The average Bonchev–Trinajstić information content (AvgIpc) is 2.15. The first-order chi connectivity index (χ1) is 6.59. The lowest BCUT2D eigenvalue weighted by Crippen LogP contribution is -2.20. The van der Waals surface area contributed by atoms with Crippen molar-refractivity contribution in [3.63, 3.8) is 0 Å². The summed E-state index contributed by atoms with van der Waals surface area (Å²) < 4.78 is 4.92. The van der Waals surface area contributed by atoms with Crippen LogP contribution in [0.1, 0.15) is 10.4 Å². The van der Waals surface area contributed by atoms with Gasteiger partial charge in [0.25, 0.3) is 5.91 Å². The van der Waals surface area contributed by atoms with Gasteiger partial charge in [0, 0.05) is 0 Å². The van der Waals surface area contributed by atoms with E-state index in [-0.39, 0.29) is 12.2 Å². The van der Waals surface area contributed by atoms with E-state index < -0.39 is 11.9 Å². The van der Waals surface area contributed by atoms with Gasteiger partial charge >= 0.3 is 5.97 Å². The third-order valence-electron chi connectivity index (χ3n) is 1.46. The largest absolute Gasteiger partial charge is 0.484 e. The molecule has 1 aromatic carbocycles. The smallest absolute Gasteiger partial charge is 0.335 e. The van der Waals surface area contributed by atoms with Crippen LogP contribution in [-0.4, -0.2) is 23.6 Å². The molecule has 1 amide bonds. The molecule has 0 radical (unpaired) electrons. The molecule has 0 aliphatic carbocycles. The second-order valence-corrected chi connectivity index (χ2v) is 2.59. The Kier molecular flexibility index (Phi) is 3.06. The lowest BCUT2D eigenvalue weighted by Gasteiger charge is -2.03. The number of carboxylic acid groups (broad SMARTS) is 1. The Morgan fingerprint density at radius 2 is 2.14 bits per heavy atom. The van der Waals surface area contributed by atoms with Crippen molar-refractivity contribution in [3.8, 4) is 5.75 Å². The van der Waals surface area contributed by atoms with Gasteiger partial charge < -0.3 is 15.6 Å². The number of hydrogen-bond donors (Lipinski definition) is 2. The van der Waals surface area contributed by atoms with Crippen molar-refractivity contribution in [1.82, 2.24) is 0 Å². The number of carboxylic acids is 1. The van der Waals surface area contributed by atoms with Crippen molar-refractivity contribution in [1.29, 1.82) is 0 Å². The Labute approximate surface area is 80.1 Å². The second kappa shape index (κ2) is 4.27. The van der Waals surface area contributed by atoms with Crippen LogP contribution in [0, 0.1) is 0 Å². The van der Waals surface area contributed by atoms with Gasteiger partial charge in [-0.3, -0.25) is 4.79 Å². The predicted octanol–water partition coefficient (Wildman–Crippen LogP) is 0.249. The predicted molar refractivity (Wildman–Crippen MR) is 48.1 cm³/mol. The average molecular weight is 195 g/mol. The Balaban J connectivity index is 2.73. The molecule has 74 valence electrons. The molecule has 3 N–H and O–H groups in total. The molecule has 0 unspecified atom stereocenters. The molecular formula is C9H9NO4. The molecule has 0 aromatic heterocycles. The standard InChI is InChI=1S/C9H9NO4/c10-8(11)5-14-7-3-1-2-6(4-7)9(12)13/h1-4H,5H2,(H2,10,11)(H,12,13). The zero-order chi connectivity index (χ0) is 10.6. The lowest BCUT2D eigenvalue weighted by molar-refractivity contribution is -0.119. The highest BCUT2D eigenvalue weighted by Crippen LogP contribution is 2.12. The molecule has 5 nitrogen and oxygen atoms in total. The van der Waals surface area contributed by atoms with Crippen LogP contribution in [0.2, 0.25) is 0 Å². The minimum Gasteiger partial charge on any atom is -0.484 e. The lowest BCUT2D eigenvalue weighted by atomic mass is 10.2. The number of benzene rings is 1. The van der Waals surface area contributed by atoms with Gasteiger partial charge in [-0.15, -0.1) is 0 Å². The van der Waals surface area contributed by atoms with E-state index in [0.717, 1.165) is 0 Å². The first-order valence-electron chi connectivity index (χ1n) is 3.84. The van der Waals surface area contributed by atoms with Gasteiger partial charge in [0.2, 0.25) is 0 Å². The Morgan fingerprint density at radius 3 is 2.71 bits per heavy atom. The van der Waals surface area contributed by atoms with Crippen molar-refractivity contribution in [2.45, 2.75) is 0 Å². The highest BCUT2D eigenvalue weighted by atomic mass is 16.5. The monoisotopic (exact) mass is 195 g/mol. The molecule has 0 atom stereocenters. The number of nitrogens with two attached hydrogens (primary N) is 1. The molecule has 0 spiro atoms. The molecular weight excluding hydrogens is 186 g/mol. The van der Waals surface area contributed by atoms with Crippen LogP contribution in [-0.2, 0) is 4.79 Å². The number of carbonyl (C=O) groups is 2. The van der Waals surface area contributed by atoms with Crippen LogP contribution in [0.5, 0.6) is 5.75 Å². The highest BCUT2D eigenvalue weighted by molar-refractivity contribution is 5.88. The Morgan fingerprint density at radius 1 is 1.43 bits per heavy atom. The van der Waals surface area contributed by atoms with E-state index in [0.29, 0.717) is 5.75 Å². The Hall–Kier alpha value is -2.04. The minimum absolute atomic E-state index is 0.104. The number of rotatable bonds is 4. The zero-order valence-electron chi connectivity index (χ0n) is 7.27. The van der Waals surface area contributed by atoms with E-state index in [1.807, 2.05) is 0 Å². The van der Waals surface area contributed by atoms with Gasteiger partial charge in [0.05, 0.1) is 5.56 Å². The molecule has 14 heavy (non-hydrogen) atoms. The fraction of sp³-hybridized carbons (Fsp3) is 0.111. The minimum atomic E-state index is -1.05. The summed E-state index contributed by atoms with van der Waals surface area (Å²) in [4.78, 5) is 20.9. The fourth-order valence-electron chi connectivity index (χ4n) is 0.873. The number of ether oxygens (including phenoxy) is 1. The van der Waals surface area contributed by atoms with Gasteiger partial charge in [0.15, 0.2) is 6.61 Å². The van der Waals surface area contributed by atoms with Crippen molar-refractivity contribution in [2.24, 2.45) is 5.73 Å². The summed E-state index contributed by atoms with van der Waals surface area (Å²) in [7, 11) is 0. The van der Waals surface area contributed by atoms with Crippen LogP contribution in [0.4, 0.5) is 0 Å². The van der Waals surface area contributed by atoms with Crippen molar-refractivity contribution in [3.05, 3.63) is 29.8 Å². The summed E-state index contributed by atoms with van der Waals surface area (Å²) in [5.41, 5.74) is 4.96. The molecule has 0 fully saturated rings. The normalized spacial score (nSPS) is 9.43. The maximum Gasteiger partial charge on any atom is 0.335 e. The van der Waals surface area contributed by atoms with E-state index in [1.165, 1.54) is 18.2 Å². The summed E-state index contributed by atoms with van der Waals surface area (Å²) in [5.74, 6) is -1.34. The topological polar surface area (TPSA) is 89.6 Å². The number of amides is 1. The summed E-state index contributed by atoms with van der Waals surface area (Å²) in [6, 6.07) is 5.83. The molecule has 0 heterocycles. The van der Waals surface area contributed by atoms with Gasteiger partial charge in [0.1, 0.15) is 5.75 Å². The van der Waals surface area contributed by atoms with E-state index in [9.17, 15) is 9.59 Å². The maximum absolute atomic E-state index is 10.5. The van der Waals surface area contributed by atoms with Gasteiger partial charge in [-0.1, -0.05) is 6.07 Å². The highest BCUT2D eigenvalue weighted by Gasteiger charge is 2.04. The van der Waals surface area contributed by atoms with E-state index in [2.05, 4.69) is 0 Å². The molecule has 1 rings (SSSR count). The third-order valence-corrected chi connectivity index (χ3v) is 1.46. The van der Waals surface area contributed by atoms with Crippen molar-refractivity contribution >= 4 is 11.9 Å². The van der Waals surface area contributed by atoms with Crippen molar-refractivity contribution < 1.29 is 19.4 Å². The van der Waals surface area contributed by atoms with Gasteiger partial charge in [-0.25, -0.2) is 4.79 Å². The maximum atomic E-state index is 10.5. The van der Waals surface area contributed by atoms with Crippen molar-refractivity contribution in [2.75, 3.05) is 6.61 Å². The van der Waals surface area contributed by atoms with Gasteiger partial charge in [-0.2, -0.15) is 0 Å². The summed E-state index contributed by atoms with van der Waals surface area (Å²) >= 11 is 0. The summed E-state index contributed by atoms with van der Waals surface area (Å²) in [5, 5.41) is 8.64. The van der Waals surface area contributed by atoms with Crippen LogP contribution in [0.15, 0.2) is 24.3 Å². The Bertz CT molecular complexity index is 362. The molecule has 0 aliphatic rings. The third kappa shape index (κ3) is 2.78. The number of carbonyl (C=O) groups excluding carboxylic acids is 1. The van der Waals surface area contributed by atoms with Crippen LogP contribution in [0.25, 0.3) is 0 Å². The van der Waals surface area contributed by atoms with Gasteiger partial charge in [-0.05, 0) is 18.2 Å². The van der Waals surface area contributed by atoms with E-state index in [4.69, 9.17) is 15.6 Å². The van der Waals surface area contributed by atoms with E-state index >= 15 is 0 Å². The quantitative estimate of drug-likeness (QED) is 0.720. The molecule has 1 aromatic rings. The SMILES string of the molecule is NC(=O)COc1cccc(C(=O)O)c1.